The van der Waals surface area contributed by atoms with Gasteiger partial charge < -0.3 is 17.5 Å². The second-order valence-electron chi connectivity index (χ2n) is 6.21. The third-order valence-electron chi connectivity index (χ3n) is 4.57. The van der Waals surface area contributed by atoms with Gasteiger partial charge in [-0.05, 0) is 68.8 Å². The molecule has 0 amide bonds. The van der Waals surface area contributed by atoms with Crippen molar-refractivity contribution >= 4 is 35.7 Å². The molecule has 0 atom stereocenters. The van der Waals surface area contributed by atoms with Gasteiger partial charge in [0.15, 0.2) is 5.11 Å². The maximum Gasteiger partial charge on any atom is 0.189 e. The summed E-state index contributed by atoms with van der Waals surface area (Å²) in [7, 11) is 0. The van der Waals surface area contributed by atoms with E-state index in [1.165, 1.54) is 31.1 Å². The van der Waals surface area contributed by atoms with Crippen LogP contribution in [-0.4, -0.2) is 33.8 Å². The number of nitriles is 1. The number of fused-ring (bicyclic) bond motifs is 4. The molecule has 0 aromatic carbocycles. The van der Waals surface area contributed by atoms with Crippen LogP contribution in [0.2, 0.25) is 0 Å². The third kappa shape index (κ3) is 6.85. The molecule has 0 unspecified atom stereocenters. The molecule has 1 saturated carbocycles. The summed E-state index contributed by atoms with van der Waals surface area (Å²) < 4.78 is 0. The molecule has 2 aliphatic heterocycles. The quantitative estimate of drug-likeness (QED) is 0.199. The standard InChI is InChI=1S/C16H22N4S.CHNS.Ni/c1-12(15-4-2-3-9-17-15)18-19-16(21)20-10-13-5-6-14(11-20)8-7-13;2-1-3;/h2-4,9,13-14H,5-8,10-11H2,1H3,(H,19,21);3H;/p-1. The Kier molecular flexibility index (Phi) is 9.88. The Morgan fingerprint density at radius 1 is 1.32 bits per heavy atom. The van der Waals surface area contributed by atoms with Crippen molar-refractivity contribution in [2.45, 2.75) is 32.6 Å². The fourth-order valence-corrected chi connectivity index (χ4v) is 3.49. The van der Waals surface area contributed by atoms with Gasteiger partial charge in [0.2, 0.25) is 0 Å². The average molecular weight is 419 g/mol. The Morgan fingerprint density at radius 3 is 2.36 bits per heavy atom. The van der Waals surface area contributed by atoms with Gasteiger partial charge in [0.1, 0.15) is 0 Å². The van der Waals surface area contributed by atoms with Gasteiger partial charge in [-0.25, -0.2) is 5.26 Å². The van der Waals surface area contributed by atoms with E-state index in [-0.39, 0.29) is 16.5 Å². The third-order valence-corrected chi connectivity index (χ3v) is 4.92. The van der Waals surface area contributed by atoms with E-state index in [0.29, 0.717) is 0 Å². The molecule has 5 nitrogen and oxygen atoms in total. The van der Waals surface area contributed by atoms with Crippen LogP contribution in [0, 0.1) is 22.5 Å². The molecule has 1 aromatic rings. The van der Waals surface area contributed by atoms with Crippen LogP contribution in [0.1, 0.15) is 38.3 Å². The topological polar surface area (TPSA) is 64.3 Å². The molecule has 4 rings (SSSR count). The van der Waals surface area contributed by atoms with Gasteiger partial charge in [0, 0.05) is 35.8 Å². The Bertz CT molecular complexity index is 595. The first-order chi connectivity index (χ1) is 11.6. The molecule has 2 bridgehead atoms. The summed E-state index contributed by atoms with van der Waals surface area (Å²) in [4.78, 5) is 6.60. The summed E-state index contributed by atoms with van der Waals surface area (Å²) >= 11 is 9.22. The minimum Gasteiger partial charge on any atom is -0.696 e. The summed E-state index contributed by atoms with van der Waals surface area (Å²) in [5.74, 6) is 1.62. The van der Waals surface area contributed by atoms with Gasteiger partial charge in [0.05, 0.1) is 11.4 Å². The number of thiocarbonyl (C=S) groups is 1. The minimum absolute atomic E-state index is 0. The van der Waals surface area contributed by atoms with E-state index in [1.54, 1.807) is 6.20 Å². The maximum absolute atomic E-state index is 7.13. The van der Waals surface area contributed by atoms with Gasteiger partial charge in [-0.3, -0.25) is 10.4 Å². The average Bonchev–Trinajstić information content (AvgIpc) is 2.95. The Hall–Kier alpha value is -1.29. The Balaban J connectivity index is 0.000000730. The van der Waals surface area contributed by atoms with Crippen LogP contribution < -0.4 is 5.43 Å². The first kappa shape index (κ1) is 21.8. The summed E-state index contributed by atoms with van der Waals surface area (Å²) in [6.07, 6.45) is 7.22. The van der Waals surface area contributed by atoms with Crippen molar-refractivity contribution in [1.29, 1.82) is 5.26 Å². The summed E-state index contributed by atoms with van der Waals surface area (Å²) in [5, 5.41) is 13.6. The summed E-state index contributed by atoms with van der Waals surface area (Å²) in [5.41, 5.74) is 4.79. The van der Waals surface area contributed by atoms with Crippen LogP contribution in [-0.2, 0) is 29.1 Å². The van der Waals surface area contributed by atoms with Crippen molar-refractivity contribution in [3.05, 3.63) is 30.1 Å². The van der Waals surface area contributed by atoms with E-state index in [2.05, 4.69) is 33.0 Å². The number of hydrogen-bond donors (Lipinski definition) is 1. The molecule has 3 heterocycles. The van der Waals surface area contributed by atoms with Gasteiger partial charge in [-0.15, -0.1) is 0 Å². The second kappa shape index (κ2) is 11.4. The largest absolute Gasteiger partial charge is 0.696 e. The minimum atomic E-state index is 0. The molecule has 1 aliphatic carbocycles. The molecule has 0 radical (unpaired) electrons. The molecule has 8 heteroatoms. The number of pyridine rings is 1. The first-order valence-corrected chi connectivity index (χ1v) is 8.97. The number of hydrogen-bond acceptors (Lipinski definition) is 5. The van der Waals surface area contributed by atoms with Gasteiger partial charge >= 0.3 is 0 Å². The first-order valence-electron chi connectivity index (χ1n) is 8.16. The number of nitrogens with zero attached hydrogens (tertiary/aromatic N) is 4. The van der Waals surface area contributed by atoms with Crippen molar-refractivity contribution in [3.63, 3.8) is 0 Å². The second-order valence-corrected chi connectivity index (χ2v) is 6.78. The van der Waals surface area contributed by atoms with Crippen LogP contribution in [0.25, 0.3) is 0 Å². The number of nitrogens with one attached hydrogen (secondary N) is 1. The predicted molar refractivity (Wildman–Crippen MR) is 102 cm³/mol. The number of rotatable bonds is 2. The smallest absolute Gasteiger partial charge is 0.189 e. The van der Waals surface area contributed by atoms with Crippen molar-refractivity contribution in [2.75, 3.05) is 13.1 Å². The number of aromatic nitrogens is 1. The van der Waals surface area contributed by atoms with E-state index in [0.717, 1.165) is 41.4 Å². The van der Waals surface area contributed by atoms with Crippen molar-refractivity contribution in [2.24, 2.45) is 16.9 Å². The molecule has 1 aromatic heterocycles. The van der Waals surface area contributed by atoms with Crippen LogP contribution in [0.4, 0.5) is 0 Å². The molecular formula is C17H22N5NiS2-. The number of thiocyanates is 1. The fraction of sp³-hybridized carbons (Fsp3) is 0.529. The number of hydrazone groups is 1. The molecule has 1 N–H and O–H groups in total. The zero-order valence-corrected chi connectivity index (χ0v) is 16.7. The van der Waals surface area contributed by atoms with E-state index in [4.69, 9.17) is 17.5 Å². The van der Waals surface area contributed by atoms with Crippen LogP contribution in [0.15, 0.2) is 29.5 Å². The fourth-order valence-electron chi connectivity index (χ4n) is 3.30. The van der Waals surface area contributed by atoms with E-state index >= 15 is 0 Å². The van der Waals surface area contributed by atoms with Crippen molar-refractivity contribution in [3.8, 4) is 5.40 Å². The van der Waals surface area contributed by atoms with Gasteiger partial charge in [-0.1, -0.05) is 11.5 Å². The van der Waals surface area contributed by atoms with E-state index < -0.39 is 0 Å². The summed E-state index contributed by atoms with van der Waals surface area (Å²) in [6, 6.07) is 5.82. The molecule has 3 fully saturated rings. The van der Waals surface area contributed by atoms with E-state index in [1.807, 2.05) is 25.1 Å². The van der Waals surface area contributed by atoms with Crippen molar-refractivity contribution in [1.82, 2.24) is 15.3 Å². The van der Waals surface area contributed by atoms with E-state index in [9.17, 15) is 0 Å². The van der Waals surface area contributed by atoms with Crippen LogP contribution >= 0.6 is 12.2 Å². The maximum atomic E-state index is 7.13. The monoisotopic (exact) mass is 418 g/mol. The molecule has 0 spiro atoms. The SMILES string of the molecule is CC(=NNC(=S)N1CC2CCC(CC2)C1)c1ccccn1.N#C[S-].[Ni]. The molecule has 2 saturated heterocycles. The predicted octanol–water partition coefficient (Wildman–Crippen LogP) is 2.81. The molecular weight excluding hydrogens is 397 g/mol. The Labute approximate surface area is 170 Å². The normalized spacial score (nSPS) is 21.8. The molecule has 138 valence electrons. The van der Waals surface area contributed by atoms with Crippen LogP contribution in [0.3, 0.4) is 0 Å². The van der Waals surface area contributed by atoms with Crippen molar-refractivity contribution < 1.29 is 16.5 Å². The molecule has 25 heavy (non-hydrogen) atoms. The van der Waals surface area contributed by atoms with Gasteiger partial charge in [-0.2, -0.15) is 5.10 Å². The van der Waals surface area contributed by atoms with Crippen LogP contribution in [0.5, 0.6) is 0 Å². The Morgan fingerprint density at radius 2 is 1.88 bits per heavy atom. The zero-order chi connectivity index (χ0) is 17.4. The zero-order valence-electron chi connectivity index (χ0n) is 14.1. The molecule has 3 aliphatic rings. The summed E-state index contributed by atoms with van der Waals surface area (Å²) in [6.45, 7) is 4.12. The van der Waals surface area contributed by atoms with Gasteiger partial charge in [0.25, 0.3) is 0 Å².